The number of aliphatic hydroxyl groups excluding tert-OH is 1. The molecule has 0 heterocycles. The van der Waals surface area contributed by atoms with E-state index in [1.807, 2.05) is 0 Å². The highest BCUT2D eigenvalue weighted by molar-refractivity contribution is 5.66. The van der Waals surface area contributed by atoms with Gasteiger partial charge in [-0.1, -0.05) is 110 Å². The molecular formula is C23H46O3. The van der Waals surface area contributed by atoms with Gasteiger partial charge in [0.2, 0.25) is 0 Å². The van der Waals surface area contributed by atoms with Crippen molar-refractivity contribution < 1.29 is 15.0 Å². The Morgan fingerprint density at radius 2 is 0.962 bits per heavy atom. The summed E-state index contributed by atoms with van der Waals surface area (Å²) in [5, 5.41) is 18.6. The summed E-state index contributed by atoms with van der Waals surface area (Å²) in [5.74, 6) is -0.675. The molecule has 0 amide bonds. The van der Waals surface area contributed by atoms with Gasteiger partial charge in [0.15, 0.2) is 0 Å². The zero-order valence-electron chi connectivity index (χ0n) is 17.5. The van der Waals surface area contributed by atoms with E-state index in [0.717, 1.165) is 38.5 Å². The SMILES string of the molecule is CCCCCCCCCCCC(O)CCCCCCCCCCC(=O)O. The van der Waals surface area contributed by atoms with E-state index < -0.39 is 5.97 Å². The summed E-state index contributed by atoms with van der Waals surface area (Å²) in [7, 11) is 0. The van der Waals surface area contributed by atoms with Crippen LogP contribution in [0.2, 0.25) is 0 Å². The number of carboxylic acid groups (broad SMARTS) is 1. The second-order valence-corrected chi connectivity index (χ2v) is 8.03. The van der Waals surface area contributed by atoms with Crippen molar-refractivity contribution in [2.24, 2.45) is 0 Å². The number of carboxylic acids is 1. The zero-order valence-corrected chi connectivity index (χ0v) is 17.5. The minimum atomic E-state index is -0.675. The standard InChI is InChI=1S/C23H46O3/c1-2-3-4-5-6-7-10-13-16-19-22(24)20-17-14-11-8-9-12-15-18-21-23(25)26/h22,24H,2-21H2,1H3,(H,25,26). The number of hydrogen-bond acceptors (Lipinski definition) is 2. The van der Waals surface area contributed by atoms with Crippen LogP contribution in [0, 0.1) is 0 Å². The third-order valence-electron chi connectivity index (χ3n) is 5.32. The van der Waals surface area contributed by atoms with Gasteiger partial charge in [-0.3, -0.25) is 4.79 Å². The molecule has 0 radical (unpaired) electrons. The lowest BCUT2D eigenvalue weighted by Gasteiger charge is -2.10. The normalized spacial score (nSPS) is 12.4. The summed E-state index contributed by atoms with van der Waals surface area (Å²) in [6.07, 6.45) is 23.4. The molecule has 2 N–H and O–H groups in total. The van der Waals surface area contributed by atoms with E-state index in [1.54, 1.807) is 0 Å². The molecule has 0 saturated carbocycles. The molecule has 26 heavy (non-hydrogen) atoms. The Labute approximate surface area is 163 Å². The van der Waals surface area contributed by atoms with Crippen molar-refractivity contribution in [1.29, 1.82) is 0 Å². The minimum absolute atomic E-state index is 0.0874. The third-order valence-corrected chi connectivity index (χ3v) is 5.32. The molecule has 1 unspecified atom stereocenters. The smallest absolute Gasteiger partial charge is 0.303 e. The van der Waals surface area contributed by atoms with Crippen molar-refractivity contribution >= 4 is 5.97 Å². The molecule has 0 aliphatic rings. The minimum Gasteiger partial charge on any atom is -0.481 e. The number of carbonyl (C=O) groups is 1. The number of hydrogen-bond donors (Lipinski definition) is 2. The third kappa shape index (κ3) is 21.5. The monoisotopic (exact) mass is 370 g/mol. The van der Waals surface area contributed by atoms with Crippen LogP contribution in [-0.2, 0) is 4.79 Å². The van der Waals surface area contributed by atoms with E-state index in [2.05, 4.69) is 6.92 Å². The molecule has 156 valence electrons. The zero-order chi connectivity index (χ0) is 19.3. The van der Waals surface area contributed by atoms with Crippen molar-refractivity contribution in [1.82, 2.24) is 0 Å². The van der Waals surface area contributed by atoms with Gasteiger partial charge in [-0.25, -0.2) is 0 Å². The molecule has 0 saturated heterocycles. The Balaban J connectivity index is 3.15. The van der Waals surface area contributed by atoms with Crippen LogP contribution in [0.25, 0.3) is 0 Å². The maximum atomic E-state index is 10.4. The first-order valence-electron chi connectivity index (χ1n) is 11.6. The molecule has 0 bridgehead atoms. The Morgan fingerprint density at radius 3 is 1.35 bits per heavy atom. The lowest BCUT2D eigenvalue weighted by Crippen LogP contribution is -2.05. The maximum absolute atomic E-state index is 10.4. The van der Waals surface area contributed by atoms with Gasteiger partial charge >= 0.3 is 5.97 Å². The van der Waals surface area contributed by atoms with Crippen LogP contribution in [0.1, 0.15) is 135 Å². The van der Waals surface area contributed by atoms with Gasteiger partial charge in [0.25, 0.3) is 0 Å². The lowest BCUT2D eigenvalue weighted by atomic mass is 10.0. The topological polar surface area (TPSA) is 57.5 Å². The Hall–Kier alpha value is -0.570. The number of unbranched alkanes of at least 4 members (excludes halogenated alkanes) is 15. The lowest BCUT2D eigenvalue weighted by molar-refractivity contribution is -0.137. The van der Waals surface area contributed by atoms with Crippen LogP contribution in [0.4, 0.5) is 0 Å². The molecule has 0 spiro atoms. The number of aliphatic carboxylic acids is 1. The van der Waals surface area contributed by atoms with E-state index in [-0.39, 0.29) is 6.10 Å². The van der Waals surface area contributed by atoms with E-state index >= 15 is 0 Å². The van der Waals surface area contributed by atoms with Crippen LogP contribution < -0.4 is 0 Å². The quantitative estimate of drug-likeness (QED) is 0.209. The van der Waals surface area contributed by atoms with Gasteiger partial charge in [-0.2, -0.15) is 0 Å². The van der Waals surface area contributed by atoms with Crippen LogP contribution >= 0.6 is 0 Å². The second kappa shape index (κ2) is 20.7. The summed E-state index contributed by atoms with van der Waals surface area (Å²) >= 11 is 0. The van der Waals surface area contributed by atoms with E-state index in [4.69, 9.17) is 5.11 Å². The Kier molecular flexibility index (Phi) is 20.3. The first kappa shape index (κ1) is 25.4. The van der Waals surface area contributed by atoms with Crippen LogP contribution in [-0.4, -0.2) is 22.3 Å². The summed E-state index contributed by atoms with van der Waals surface area (Å²) in [5.41, 5.74) is 0. The highest BCUT2D eigenvalue weighted by Gasteiger charge is 2.04. The Morgan fingerprint density at radius 1 is 0.615 bits per heavy atom. The summed E-state index contributed by atoms with van der Waals surface area (Å²) in [4.78, 5) is 10.4. The van der Waals surface area contributed by atoms with Crippen molar-refractivity contribution in [2.45, 2.75) is 141 Å². The molecule has 1 atom stereocenters. The van der Waals surface area contributed by atoms with Gasteiger partial charge in [-0.05, 0) is 19.3 Å². The summed E-state index contributed by atoms with van der Waals surface area (Å²) in [6.45, 7) is 2.26. The predicted octanol–water partition coefficient (Wildman–Crippen LogP) is 7.25. The fourth-order valence-electron chi connectivity index (χ4n) is 3.55. The Bertz CT molecular complexity index is 291. The van der Waals surface area contributed by atoms with Crippen molar-refractivity contribution in [3.63, 3.8) is 0 Å². The van der Waals surface area contributed by atoms with E-state index in [1.165, 1.54) is 83.5 Å². The van der Waals surface area contributed by atoms with Gasteiger partial charge < -0.3 is 10.2 Å². The average molecular weight is 371 g/mol. The second-order valence-electron chi connectivity index (χ2n) is 8.03. The van der Waals surface area contributed by atoms with Gasteiger partial charge in [0.1, 0.15) is 0 Å². The number of rotatable bonds is 21. The maximum Gasteiger partial charge on any atom is 0.303 e. The number of aliphatic hydroxyl groups is 1. The largest absolute Gasteiger partial charge is 0.481 e. The molecule has 0 aliphatic carbocycles. The molecule has 0 fully saturated rings. The van der Waals surface area contributed by atoms with Crippen LogP contribution in [0.3, 0.4) is 0 Å². The molecule has 0 aromatic heterocycles. The predicted molar refractivity (Wildman–Crippen MR) is 112 cm³/mol. The molecule has 3 nitrogen and oxygen atoms in total. The highest BCUT2D eigenvalue weighted by Crippen LogP contribution is 2.15. The van der Waals surface area contributed by atoms with Crippen LogP contribution in [0.15, 0.2) is 0 Å². The summed E-state index contributed by atoms with van der Waals surface area (Å²) in [6, 6.07) is 0. The fourth-order valence-corrected chi connectivity index (χ4v) is 3.55. The molecule has 0 aliphatic heterocycles. The van der Waals surface area contributed by atoms with E-state index in [0.29, 0.717) is 6.42 Å². The van der Waals surface area contributed by atoms with Crippen LogP contribution in [0.5, 0.6) is 0 Å². The first-order chi connectivity index (χ1) is 12.7. The first-order valence-corrected chi connectivity index (χ1v) is 11.6. The molecular weight excluding hydrogens is 324 g/mol. The summed E-state index contributed by atoms with van der Waals surface area (Å²) < 4.78 is 0. The van der Waals surface area contributed by atoms with Gasteiger partial charge in [0.05, 0.1) is 6.10 Å². The van der Waals surface area contributed by atoms with Crippen molar-refractivity contribution in [2.75, 3.05) is 0 Å². The molecule has 0 aromatic rings. The molecule has 3 heteroatoms. The van der Waals surface area contributed by atoms with Crippen molar-refractivity contribution in [3.8, 4) is 0 Å². The van der Waals surface area contributed by atoms with Gasteiger partial charge in [-0.15, -0.1) is 0 Å². The highest BCUT2D eigenvalue weighted by atomic mass is 16.4. The molecule has 0 rings (SSSR count). The van der Waals surface area contributed by atoms with E-state index in [9.17, 15) is 9.90 Å². The fraction of sp³-hybridized carbons (Fsp3) is 0.957. The van der Waals surface area contributed by atoms with Gasteiger partial charge in [0, 0.05) is 6.42 Å². The molecule has 0 aromatic carbocycles. The average Bonchev–Trinajstić information content (AvgIpc) is 2.61. The van der Waals surface area contributed by atoms with Crippen molar-refractivity contribution in [3.05, 3.63) is 0 Å².